The molecule has 0 radical (unpaired) electrons. The van der Waals surface area contributed by atoms with Crippen LogP contribution in [0.4, 0.5) is 4.79 Å². The summed E-state index contributed by atoms with van der Waals surface area (Å²) in [4.78, 5) is 44.8. The van der Waals surface area contributed by atoms with Crippen LogP contribution in [-0.2, 0) is 30.2 Å². The molecule has 0 bridgehead atoms. The van der Waals surface area contributed by atoms with Gasteiger partial charge in [0.1, 0.15) is 18.3 Å². The van der Waals surface area contributed by atoms with Gasteiger partial charge in [-0.25, -0.2) is 4.79 Å². The second-order valence-electron chi connectivity index (χ2n) is 14.7. The number of benzene rings is 1. The third kappa shape index (κ3) is 12.7. The number of pyridine rings is 1. The van der Waals surface area contributed by atoms with E-state index in [0.717, 1.165) is 18.4 Å². The molecule has 3 rings (SSSR count). The molecule has 1 fully saturated rings. The second-order valence-corrected chi connectivity index (χ2v) is 14.7. The molecule has 2 amide bonds. The highest BCUT2D eigenvalue weighted by Gasteiger charge is 2.43. The Morgan fingerprint density at radius 3 is 2.41 bits per heavy atom. The number of nitrogens with two attached hydrogens (primary N) is 1. The predicted octanol–water partition coefficient (Wildman–Crippen LogP) is 6.43. The first-order valence-electron chi connectivity index (χ1n) is 18.0. The van der Waals surface area contributed by atoms with Gasteiger partial charge in [-0.05, 0) is 73.3 Å². The number of carbonyl (C=O) groups excluding carboxylic acids is 3. The van der Waals surface area contributed by atoms with Crippen molar-refractivity contribution in [2.24, 2.45) is 34.8 Å². The van der Waals surface area contributed by atoms with E-state index < -0.39 is 23.5 Å². The van der Waals surface area contributed by atoms with Gasteiger partial charge in [0.15, 0.2) is 11.5 Å². The van der Waals surface area contributed by atoms with Crippen molar-refractivity contribution in [2.45, 2.75) is 92.2 Å². The highest BCUT2D eigenvalue weighted by Crippen LogP contribution is 2.36. The summed E-state index contributed by atoms with van der Waals surface area (Å²) >= 11 is 0. The molecule has 12 nitrogen and oxygen atoms in total. The molecular weight excluding hydrogens is 654 g/mol. The van der Waals surface area contributed by atoms with Crippen molar-refractivity contribution in [3.63, 3.8) is 0 Å². The molecule has 0 aliphatic carbocycles. The third-order valence-electron chi connectivity index (χ3n) is 9.87. The number of aromatic nitrogens is 1. The lowest BCUT2D eigenvalue weighted by molar-refractivity contribution is -0.129. The van der Waals surface area contributed by atoms with Crippen LogP contribution in [0.25, 0.3) is 0 Å². The topological polar surface area (TPSA) is 149 Å². The molecule has 51 heavy (non-hydrogen) atoms. The quantitative estimate of drug-likeness (QED) is 0.107. The SMILES string of the molecule is COCCCOc1cc(C[C@@H](C[C@H]2[C@H](C[C@H](C(=O)CCC(C)(C)C(N)=O)C(C)C)OCN2C(=O)OCOc2cccnc2)C(C)C)ccc1OC. The highest BCUT2D eigenvalue weighted by atomic mass is 16.7. The van der Waals surface area contributed by atoms with Crippen molar-refractivity contribution >= 4 is 17.8 Å². The van der Waals surface area contributed by atoms with Crippen LogP contribution in [0.2, 0.25) is 0 Å². The summed E-state index contributed by atoms with van der Waals surface area (Å²) in [6.45, 7) is 12.7. The number of methoxy groups -OCH3 is 2. The molecule has 2 N–H and O–H groups in total. The molecule has 284 valence electrons. The summed E-state index contributed by atoms with van der Waals surface area (Å²) in [7, 11) is 3.29. The summed E-state index contributed by atoms with van der Waals surface area (Å²) in [5.74, 6) is 1.53. The number of primary amides is 1. The zero-order valence-electron chi connectivity index (χ0n) is 31.7. The van der Waals surface area contributed by atoms with E-state index in [4.69, 9.17) is 34.2 Å². The molecule has 2 heterocycles. The number of hydrogen-bond acceptors (Lipinski definition) is 10. The molecule has 1 saturated heterocycles. The van der Waals surface area contributed by atoms with Gasteiger partial charge in [-0.15, -0.1) is 0 Å². The van der Waals surface area contributed by atoms with Crippen LogP contribution in [0, 0.1) is 29.1 Å². The van der Waals surface area contributed by atoms with E-state index in [2.05, 4.69) is 18.8 Å². The van der Waals surface area contributed by atoms with Crippen molar-refractivity contribution < 1.29 is 42.8 Å². The zero-order chi connectivity index (χ0) is 37.6. The van der Waals surface area contributed by atoms with Gasteiger partial charge in [-0.3, -0.25) is 19.5 Å². The van der Waals surface area contributed by atoms with Crippen molar-refractivity contribution in [3.8, 4) is 17.2 Å². The number of hydrogen-bond donors (Lipinski definition) is 1. The first-order valence-corrected chi connectivity index (χ1v) is 18.0. The van der Waals surface area contributed by atoms with Crippen LogP contribution in [-0.4, -0.2) is 80.8 Å². The Balaban J connectivity index is 1.83. The molecule has 0 saturated carbocycles. The second kappa shape index (κ2) is 20.2. The van der Waals surface area contributed by atoms with Crippen molar-refractivity contribution in [2.75, 3.05) is 41.0 Å². The molecule has 1 aromatic heterocycles. The minimum atomic E-state index is -0.789. The molecule has 1 aliphatic heterocycles. The van der Waals surface area contributed by atoms with Crippen LogP contribution in [0.5, 0.6) is 17.2 Å². The number of Topliss-reactive ketones (excluding diaryl/α,β-unsaturated/α-hetero) is 1. The van der Waals surface area contributed by atoms with Gasteiger partial charge in [0, 0.05) is 44.1 Å². The van der Waals surface area contributed by atoms with E-state index in [1.165, 1.54) is 0 Å². The maximum Gasteiger partial charge on any atom is 0.414 e. The molecule has 1 aliphatic rings. The average Bonchev–Trinajstić information content (AvgIpc) is 3.49. The maximum absolute atomic E-state index is 13.6. The van der Waals surface area contributed by atoms with E-state index in [1.807, 2.05) is 32.0 Å². The Bertz CT molecular complexity index is 1390. The monoisotopic (exact) mass is 713 g/mol. The van der Waals surface area contributed by atoms with E-state index in [-0.39, 0.29) is 55.4 Å². The van der Waals surface area contributed by atoms with E-state index in [0.29, 0.717) is 49.7 Å². The van der Waals surface area contributed by atoms with Crippen LogP contribution < -0.4 is 19.9 Å². The summed E-state index contributed by atoms with van der Waals surface area (Å²) in [6, 6.07) is 9.09. The Morgan fingerprint density at radius 1 is 1.02 bits per heavy atom. The fourth-order valence-electron chi connectivity index (χ4n) is 6.26. The maximum atomic E-state index is 13.6. The number of nitrogens with zero attached hydrogens (tertiary/aromatic N) is 2. The Hall–Kier alpha value is -3.90. The third-order valence-corrected chi connectivity index (χ3v) is 9.87. The lowest BCUT2D eigenvalue weighted by Crippen LogP contribution is -2.43. The normalized spacial score (nSPS) is 17.3. The first-order chi connectivity index (χ1) is 24.3. The van der Waals surface area contributed by atoms with Gasteiger partial charge in [0.25, 0.3) is 0 Å². The molecule has 1 aromatic carbocycles. The number of rotatable bonds is 22. The summed E-state index contributed by atoms with van der Waals surface area (Å²) in [5.41, 5.74) is 5.88. The fraction of sp³-hybridized carbons (Fsp3) is 0.641. The largest absolute Gasteiger partial charge is 0.493 e. The Kier molecular flexibility index (Phi) is 16.5. The van der Waals surface area contributed by atoms with Gasteiger partial charge < -0.3 is 34.2 Å². The summed E-state index contributed by atoms with van der Waals surface area (Å²) in [5, 5.41) is 0. The molecule has 0 spiro atoms. The number of carbonyl (C=O) groups is 3. The minimum Gasteiger partial charge on any atom is -0.493 e. The molecular formula is C39H59N3O9. The molecule has 4 atom stereocenters. The van der Waals surface area contributed by atoms with Crippen LogP contribution >= 0.6 is 0 Å². The molecule has 0 unspecified atom stereocenters. The van der Waals surface area contributed by atoms with Gasteiger partial charge in [-0.1, -0.05) is 47.6 Å². The van der Waals surface area contributed by atoms with Crippen LogP contribution in [0.15, 0.2) is 42.7 Å². The van der Waals surface area contributed by atoms with Gasteiger partial charge >= 0.3 is 6.09 Å². The molecule has 2 aromatic rings. The number of ether oxygens (including phenoxy) is 6. The zero-order valence-corrected chi connectivity index (χ0v) is 31.7. The molecule has 12 heteroatoms. The standard InChI is InChI=1S/C39H59N3O9/c1-26(2)29(19-28-12-13-34(47-8)36(20-28)48-18-10-17-46-7)21-32-35(22-31(27(3)4)33(43)14-15-39(5,6)37(40)44)49-24-42(32)38(45)51-25-50-30-11-9-16-41-23-30/h9,11-13,16,20,23,26-27,29,31-32,35H,10,14-15,17-19,21-22,24-25H2,1-8H3,(H2,40,44)/t29-,31-,32-,35-/m0/s1. The van der Waals surface area contributed by atoms with Crippen LogP contribution in [0.1, 0.15) is 79.2 Å². The summed E-state index contributed by atoms with van der Waals surface area (Å²) in [6.07, 6.45) is 5.33. The lowest BCUT2D eigenvalue weighted by atomic mass is 9.78. The predicted molar refractivity (Wildman–Crippen MR) is 193 cm³/mol. The van der Waals surface area contributed by atoms with Gasteiger partial charge in [-0.2, -0.15) is 0 Å². The Labute approximate surface area is 303 Å². The first kappa shape index (κ1) is 41.5. The lowest BCUT2D eigenvalue weighted by Gasteiger charge is -2.33. The summed E-state index contributed by atoms with van der Waals surface area (Å²) < 4.78 is 34.3. The Morgan fingerprint density at radius 2 is 1.78 bits per heavy atom. The highest BCUT2D eigenvalue weighted by molar-refractivity contribution is 5.84. The van der Waals surface area contributed by atoms with Gasteiger partial charge in [0.2, 0.25) is 12.7 Å². The minimum absolute atomic E-state index is 0.0230. The van der Waals surface area contributed by atoms with E-state index >= 15 is 0 Å². The number of amides is 2. The van der Waals surface area contributed by atoms with Gasteiger partial charge in [0.05, 0.1) is 32.1 Å². The van der Waals surface area contributed by atoms with Crippen molar-refractivity contribution in [1.29, 1.82) is 0 Å². The van der Waals surface area contributed by atoms with E-state index in [9.17, 15) is 14.4 Å². The average molecular weight is 714 g/mol. The van der Waals surface area contributed by atoms with Crippen LogP contribution in [0.3, 0.4) is 0 Å². The van der Waals surface area contributed by atoms with Crippen molar-refractivity contribution in [1.82, 2.24) is 9.88 Å². The van der Waals surface area contributed by atoms with Crippen molar-refractivity contribution in [3.05, 3.63) is 48.3 Å². The fourth-order valence-corrected chi connectivity index (χ4v) is 6.26. The van der Waals surface area contributed by atoms with E-state index in [1.54, 1.807) is 57.5 Å². The smallest absolute Gasteiger partial charge is 0.414 e. The number of ketones is 1.